The fraction of sp³-hybridized carbons (Fsp3) is 0.286. The largest absolute Gasteiger partial charge is 0.463 e. The summed E-state index contributed by atoms with van der Waals surface area (Å²) in [6.07, 6.45) is 3.44. The van der Waals surface area contributed by atoms with E-state index in [1.807, 2.05) is 0 Å². The number of hydrogen-bond donors (Lipinski definition) is 0. The molecule has 1 aromatic heterocycles. The molecule has 0 unspecified atom stereocenters. The maximum atomic E-state index is 11.8. The van der Waals surface area contributed by atoms with Crippen molar-refractivity contribution in [1.82, 2.24) is 9.78 Å². The van der Waals surface area contributed by atoms with Crippen LogP contribution in [0, 0.1) is 17.0 Å². The summed E-state index contributed by atoms with van der Waals surface area (Å²) < 4.78 is 6.76. The van der Waals surface area contributed by atoms with Gasteiger partial charge in [-0.15, -0.1) is 0 Å². The fourth-order valence-corrected chi connectivity index (χ4v) is 1.95. The first kappa shape index (κ1) is 14.7. The molecule has 110 valence electrons. The quantitative estimate of drug-likeness (QED) is 0.460. The van der Waals surface area contributed by atoms with E-state index in [0.29, 0.717) is 17.7 Å². The number of carbonyl (C=O) groups is 1. The Bertz CT molecular complexity index is 638. The topological polar surface area (TPSA) is 87.3 Å². The van der Waals surface area contributed by atoms with Gasteiger partial charge in [-0.25, -0.2) is 0 Å². The van der Waals surface area contributed by atoms with Gasteiger partial charge < -0.3 is 4.74 Å². The highest BCUT2D eigenvalue weighted by Gasteiger charge is 2.15. The van der Waals surface area contributed by atoms with Gasteiger partial charge in [0.25, 0.3) is 5.69 Å². The molecule has 0 N–H and O–H groups in total. The Morgan fingerprint density at radius 3 is 2.90 bits per heavy atom. The Kier molecular flexibility index (Phi) is 4.65. The second-order valence-electron chi connectivity index (χ2n) is 4.48. The molecule has 7 heteroatoms. The fourth-order valence-electron chi connectivity index (χ4n) is 1.95. The molecule has 0 amide bonds. The standard InChI is InChI=1S/C14H15N3O4/c1-11-12(4-2-5-13(11)17(19)20)10-14(18)21-9-8-16-7-3-6-15-16/h2-7H,8-10H2,1H3. The minimum absolute atomic E-state index is 0.0110. The van der Waals surface area contributed by atoms with Crippen LogP contribution >= 0.6 is 0 Å². The maximum Gasteiger partial charge on any atom is 0.310 e. The molecular weight excluding hydrogens is 274 g/mol. The van der Waals surface area contributed by atoms with E-state index >= 15 is 0 Å². The van der Waals surface area contributed by atoms with Crippen LogP contribution in [0.15, 0.2) is 36.7 Å². The Balaban J connectivity index is 1.90. The van der Waals surface area contributed by atoms with Gasteiger partial charge in [-0.1, -0.05) is 12.1 Å². The van der Waals surface area contributed by atoms with Crippen molar-refractivity contribution in [2.75, 3.05) is 6.61 Å². The minimum atomic E-state index is -0.456. The molecule has 1 aromatic carbocycles. The molecule has 0 saturated carbocycles. The summed E-state index contributed by atoms with van der Waals surface area (Å²) in [5, 5.41) is 14.8. The number of ether oxygens (including phenoxy) is 1. The Labute approximate surface area is 121 Å². The number of carbonyl (C=O) groups excluding carboxylic acids is 1. The van der Waals surface area contributed by atoms with E-state index in [-0.39, 0.29) is 18.7 Å². The summed E-state index contributed by atoms with van der Waals surface area (Å²) in [5.74, 6) is -0.411. The van der Waals surface area contributed by atoms with Crippen molar-refractivity contribution >= 4 is 11.7 Å². The lowest BCUT2D eigenvalue weighted by atomic mass is 10.0. The first-order valence-corrected chi connectivity index (χ1v) is 6.44. The third-order valence-corrected chi connectivity index (χ3v) is 3.09. The summed E-state index contributed by atoms with van der Waals surface area (Å²) in [7, 11) is 0. The van der Waals surface area contributed by atoms with Crippen LogP contribution in [0.4, 0.5) is 5.69 Å². The van der Waals surface area contributed by atoms with Crippen LogP contribution in [0.2, 0.25) is 0 Å². The third kappa shape index (κ3) is 3.88. The smallest absolute Gasteiger partial charge is 0.310 e. The molecule has 21 heavy (non-hydrogen) atoms. The summed E-state index contributed by atoms with van der Waals surface area (Å²) in [6.45, 7) is 2.33. The van der Waals surface area contributed by atoms with Crippen LogP contribution in [0.1, 0.15) is 11.1 Å². The molecule has 0 aliphatic heterocycles. The van der Waals surface area contributed by atoms with E-state index < -0.39 is 10.9 Å². The van der Waals surface area contributed by atoms with Gasteiger partial charge in [-0.2, -0.15) is 5.10 Å². The lowest BCUT2D eigenvalue weighted by Gasteiger charge is -2.07. The van der Waals surface area contributed by atoms with Gasteiger partial charge >= 0.3 is 5.97 Å². The number of nitrogens with zero attached hydrogens (tertiary/aromatic N) is 3. The van der Waals surface area contributed by atoms with Gasteiger partial charge in [0.1, 0.15) is 6.61 Å². The van der Waals surface area contributed by atoms with Crippen LogP contribution in [0.3, 0.4) is 0 Å². The Morgan fingerprint density at radius 2 is 2.24 bits per heavy atom. The van der Waals surface area contributed by atoms with Crippen LogP contribution in [0.25, 0.3) is 0 Å². The van der Waals surface area contributed by atoms with E-state index in [9.17, 15) is 14.9 Å². The molecule has 1 heterocycles. The average Bonchev–Trinajstić information content (AvgIpc) is 2.94. The molecule has 2 rings (SSSR count). The SMILES string of the molecule is Cc1c(CC(=O)OCCn2cccn2)cccc1[N+](=O)[O-]. The van der Waals surface area contributed by atoms with E-state index in [2.05, 4.69) is 5.10 Å². The van der Waals surface area contributed by atoms with E-state index in [4.69, 9.17) is 4.74 Å². The number of benzene rings is 1. The van der Waals surface area contributed by atoms with E-state index in [1.54, 1.807) is 42.2 Å². The Hall–Kier alpha value is -2.70. The average molecular weight is 289 g/mol. The molecule has 7 nitrogen and oxygen atoms in total. The second kappa shape index (κ2) is 6.65. The molecule has 0 saturated heterocycles. The highest BCUT2D eigenvalue weighted by Crippen LogP contribution is 2.21. The van der Waals surface area contributed by atoms with Crippen molar-refractivity contribution in [3.05, 3.63) is 57.9 Å². The van der Waals surface area contributed by atoms with Gasteiger partial charge in [0, 0.05) is 24.0 Å². The molecule has 0 bridgehead atoms. The number of rotatable bonds is 6. The first-order valence-electron chi connectivity index (χ1n) is 6.44. The zero-order valence-electron chi connectivity index (χ0n) is 11.6. The molecule has 0 aliphatic carbocycles. The number of hydrogen-bond acceptors (Lipinski definition) is 5. The first-order chi connectivity index (χ1) is 10.1. The van der Waals surface area contributed by atoms with Crippen LogP contribution in [0.5, 0.6) is 0 Å². The molecule has 0 spiro atoms. The number of aromatic nitrogens is 2. The number of nitro groups is 1. The van der Waals surface area contributed by atoms with Gasteiger partial charge in [0.15, 0.2) is 0 Å². The van der Waals surface area contributed by atoms with Gasteiger partial charge in [-0.05, 0) is 18.6 Å². The lowest BCUT2D eigenvalue weighted by molar-refractivity contribution is -0.385. The monoisotopic (exact) mass is 289 g/mol. The minimum Gasteiger partial charge on any atom is -0.463 e. The van der Waals surface area contributed by atoms with Crippen molar-refractivity contribution in [1.29, 1.82) is 0 Å². The molecule has 0 fully saturated rings. The highest BCUT2D eigenvalue weighted by molar-refractivity contribution is 5.73. The predicted molar refractivity (Wildman–Crippen MR) is 74.7 cm³/mol. The molecular formula is C14H15N3O4. The lowest BCUT2D eigenvalue weighted by Crippen LogP contribution is -2.14. The molecule has 0 aliphatic rings. The summed E-state index contributed by atoms with van der Waals surface area (Å²) >= 11 is 0. The second-order valence-corrected chi connectivity index (χ2v) is 4.48. The van der Waals surface area contributed by atoms with Crippen molar-refractivity contribution in [2.45, 2.75) is 19.9 Å². The normalized spacial score (nSPS) is 10.3. The van der Waals surface area contributed by atoms with Crippen molar-refractivity contribution in [3.63, 3.8) is 0 Å². The van der Waals surface area contributed by atoms with E-state index in [1.165, 1.54) is 6.07 Å². The van der Waals surface area contributed by atoms with Gasteiger partial charge in [0.2, 0.25) is 0 Å². The molecule has 2 aromatic rings. The third-order valence-electron chi connectivity index (χ3n) is 3.09. The van der Waals surface area contributed by atoms with Gasteiger partial charge in [-0.3, -0.25) is 19.6 Å². The van der Waals surface area contributed by atoms with Crippen LogP contribution < -0.4 is 0 Å². The highest BCUT2D eigenvalue weighted by atomic mass is 16.6. The zero-order valence-corrected chi connectivity index (χ0v) is 11.6. The summed E-state index contributed by atoms with van der Waals surface area (Å²) in [5.41, 5.74) is 1.11. The van der Waals surface area contributed by atoms with Crippen LogP contribution in [-0.2, 0) is 22.5 Å². The van der Waals surface area contributed by atoms with Gasteiger partial charge in [0.05, 0.1) is 17.9 Å². The van der Waals surface area contributed by atoms with Crippen molar-refractivity contribution in [2.24, 2.45) is 0 Å². The Morgan fingerprint density at radius 1 is 1.43 bits per heavy atom. The molecule has 0 atom stereocenters. The number of nitro benzene ring substituents is 1. The summed E-state index contributed by atoms with van der Waals surface area (Å²) in [4.78, 5) is 22.1. The van der Waals surface area contributed by atoms with E-state index in [0.717, 1.165) is 0 Å². The molecule has 0 radical (unpaired) electrons. The predicted octanol–water partition coefficient (Wildman–Crippen LogP) is 1.89. The zero-order chi connectivity index (χ0) is 15.2. The summed E-state index contributed by atoms with van der Waals surface area (Å²) in [6, 6.07) is 6.46. The van der Waals surface area contributed by atoms with Crippen molar-refractivity contribution < 1.29 is 14.5 Å². The van der Waals surface area contributed by atoms with Crippen molar-refractivity contribution in [3.8, 4) is 0 Å². The van der Waals surface area contributed by atoms with Crippen LogP contribution in [-0.4, -0.2) is 27.3 Å². The maximum absolute atomic E-state index is 11.8. The number of esters is 1.